The normalized spacial score (nSPS) is 22.7. The Kier molecular flexibility index (Phi) is 2.51. The first-order valence-corrected chi connectivity index (χ1v) is 6.42. The van der Waals surface area contributed by atoms with E-state index in [1.165, 1.54) is 68.4 Å². The molecule has 1 heterocycles. The summed E-state index contributed by atoms with van der Waals surface area (Å²) in [6, 6.07) is 0. The van der Waals surface area contributed by atoms with Gasteiger partial charge >= 0.3 is 0 Å². The number of nitrogens with zero attached hydrogens (tertiary/aromatic N) is 1. The van der Waals surface area contributed by atoms with Crippen molar-refractivity contribution in [1.29, 1.82) is 0 Å². The predicted molar refractivity (Wildman–Crippen MR) is 59.0 cm³/mol. The Morgan fingerprint density at radius 3 is 2.60 bits per heavy atom. The molecule has 1 aromatic rings. The van der Waals surface area contributed by atoms with Crippen molar-refractivity contribution in [3.05, 3.63) is 17.0 Å². The molecule has 15 heavy (non-hydrogen) atoms. The van der Waals surface area contributed by atoms with Gasteiger partial charge in [-0.1, -0.05) is 24.4 Å². The summed E-state index contributed by atoms with van der Waals surface area (Å²) in [6.07, 6.45) is 11.8. The number of fused-ring (bicyclic) bond motifs is 1. The minimum Gasteiger partial charge on any atom is -0.361 e. The van der Waals surface area contributed by atoms with Crippen molar-refractivity contribution >= 4 is 0 Å². The molecule has 0 aromatic carbocycles. The topological polar surface area (TPSA) is 26.0 Å². The van der Waals surface area contributed by atoms with Crippen molar-refractivity contribution in [2.24, 2.45) is 0 Å². The maximum atomic E-state index is 5.49. The smallest absolute Gasteiger partial charge is 0.140 e. The number of aromatic nitrogens is 1. The van der Waals surface area contributed by atoms with Crippen molar-refractivity contribution < 1.29 is 4.52 Å². The molecule has 0 aliphatic heterocycles. The van der Waals surface area contributed by atoms with Gasteiger partial charge in [0.05, 0.1) is 5.69 Å². The van der Waals surface area contributed by atoms with Crippen molar-refractivity contribution in [2.75, 3.05) is 0 Å². The van der Waals surface area contributed by atoms with E-state index in [1.807, 2.05) is 0 Å². The molecule has 0 saturated heterocycles. The first-order chi connectivity index (χ1) is 7.45. The van der Waals surface area contributed by atoms with Gasteiger partial charge in [-0.15, -0.1) is 0 Å². The monoisotopic (exact) mass is 205 g/mol. The maximum absolute atomic E-state index is 5.49. The van der Waals surface area contributed by atoms with E-state index < -0.39 is 0 Å². The molecule has 82 valence electrons. The van der Waals surface area contributed by atoms with Gasteiger partial charge in [-0.3, -0.25) is 0 Å². The summed E-state index contributed by atoms with van der Waals surface area (Å²) in [4.78, 5) is 0. The highest BCUT2D eigenvalue weighted by atomic mass is 16.5. The van der Waals surface area contributed by atoms with E-state index in [0.717, 1.165) is 6.42 Å². The molecule has 1 saturated carbocycles. The van der Waals surface area contributed by atoms with Gasteiger partial charge in [0, 0.05) is 17.9 Å². The Balaban J connectivity index is 1.87. The SMILES string of the molecule is C1CCC(c2noc3c2CCCC3)CC1. The molecule has 0 amide bonds. The molecular formula is C13H19NO. The van der Waals surface area contributed by atoms with Crippen LogP contribution in [0.15, 0.2) is 4.52 Å². The molecule has 2 heteroatoms. The number of hydrogen-bond acceptors (Lipinski definition) is 2. The van der Waals surface area contributed by atoms with E-state index in [9.17, 15) is 0 Å². The quantitative estimate of drug-likeness (QED) is 0.700. The fourth-order valence-electron chi connectivity index (χ4n) is 3.11. The number of hydrogen-bond donors (Lipinski definition) is 0. The van der Waals surface area contributed by atoms with Gasteiger partial charge in [0.1, 0.15) is 5.76 Å². The summed E-state index contributed by atoms with van der Waals surface area (Å²) in [5, 5.41) is 4.35. The summed E-state index contributed by atoms with van der Waals surface area (Å²) in [6.45, 7) is 0. The lowest BCUT2D eigenvalue weighted by Crippen LogP contribution is -2.09. The van der Waals surface area contributed by atoms with Crippen molar-refractivity contribution in [3.63, 3.8) is 0 Å². The molecule has 0 N–H and O–H groups in total. The van der Waals surface area contributed by atoms with Gasteiger partial charge in [-0.05, 0) is 32.1 Å². The van der Waals surface area contributed by atoms with Gasteiger partial charge in [-0.2, -0.15) is 0 Å². The van der Waals surface area contributed by atoms with E-state index in [0.29, 0.717) is 5.92 Å². The standard InChI is InChI=1S/C13H19NO/c1-2-6-10(7-3-1)13-11-8-4-5-9-12(11)15-14-13/h10H,1-9H2. The molecule has 3 rings (SSSR count). The molecule has 0 atom stereocenters. The zero-order chi connectivity index (χ0) is 10.1. The van der Waals surface area contributed by atoms with Gasteiger partial charge in [0.2, 0.25) is 0 Å². The Bertz CT molecular complexity index is 336. The summed E-state index contributed by atoms with van der Waals surface area (Å²) in [7, 11) is 0. The van der Waals surface area contributed by atoms with E-state index in [-0.39, 0.29) is 0 Å². The van der Waals surface area contributed by atoms with Crippen LogP contribution in [0.4, 0.5) is 0 Å². The zero-order valence-corrected chi connectivity index (χ0v) is 9.30. The molecule has 0 spiro atoms. The van der Waals surface area contributed by atoms with Gasteiger partial charge in [0.15, 0.2) is 0 Å². The van der Waals surface area contributed by atoms with Crippen LogP contribution in [0.1, 0.15) is 67.9 Å². The summed E-state index contributed by atoms with van der Waals surface area (Å²) < 4.78 is 5.49. The third-order valence-corrected chi connectivity index (χ3v) is 3.97. The number of rotatable bonds is 1. The second kappa shape index (κ2) is 3.99. The molecule has 0 bridgehead atoms. The van der Waals surface area contributed by atoms with Gasteiger partial charge in [-0.25, -0.2) is 0 Å². The van der Waals surface area contributed by atoms with Gasteiger partial charge in [0.25, 0.3) is 0 Å². The highest BCUT2D eigenvalue weighted by molar-refractivity contribution is 5.28. The zero-order valence-electron chi connectivity index (χ0n) is 9.30. The van der Waals surface area contributed by atoms with E-state index in [4.69, 9.17) is 4.52 Å². The Morgan fingerprint density at radius 1 is 0.933 bits per heavy atom. The van der Waals surface area contributed by atoms with Crippen LogP contribution in [0.2, 0.25) is 0 Å². The molecule has 1 aromatic heterocycles. The van der Waals surface area contributed by atoms with Crippen LogP contribution >= 0.6 is 0 Å². The van der Waals surface area contributed by atoms with Crippen LogP contribution in [0.25, 0.3) is 0 Å². The highest BCUT2D eigenvalue weighted by Crippen LogP contribution is 2.36. The van der Waals surface area contributed by atoms with Crippen LogP contribution in [-0.2, 0) is 12.8 Å². The molecular weight excluding hydrogens is 186 g/mol. The Labute approximate surface area is 91.0 Å². The van der Waals surface area contributed by atoms with Crippen LogP contribution in [0.5, 0.6) is 0 Å². The average Bonchev–Trinajstić information content (AvgIpc) is 2.74. The molecule has 1 fully saturated rings. The molecule has 0 unspecified atom stereocenters. The lowest BCUT2D eigenvalue weighted by molar-refractivity contribution is 0.354. The molecule has 2 nitrogen and oxygen atoms in total. The third kappa shape index (κ3) is 1.70. The second-order valence-corrected chi connectivity index (χ2v) is 5.01. The van der Waals surface area contributed by atoms with Crippen molar-refractivity contribution in [3.8, 4) is 0 Å². The Morgan fingerprint density at radius 2 is 1.73 bits per heavy atom. The molecule has 2 aliphatic carbocycles. The van der Waals surface area contributed by atoms with Crippen molar-refractivity contribution in [1.82, 2.24) is 5.16 Å². The highest BCUT2D eigenvalue weighted by Gasteiger charge is 2.26. The first kappa shape index (κ1) is 9.44. The van der Waals surface area contributed by atoms with Crippen LogP contribution < -0.4 is 0 Å². The summed E-state index contributed by atoms with van der Waals surface area (Å²) in [5.74, 6) is 1.91. The minimum atomic E-state index is 0.712. The fraction of sp³-hybridized carbons (Fsp3) is 0.769. The predicted octanol–water partition coefficient (Wildman–Crippen LogP) is 3.60. The third-order valence-electron chi connectivity index (χ3n) is 3.97. The van der Waals surface area contributed by atoms with Crippen LogP contribution in [0.3, 0.4) is 0 Å². The van der Waals surface area contributed by atoms with Crippen LogP contribution in [0, 0.1) is 0 Å². The molecule has 2 aliphatic rings. The Hall–Kier alpha value is -0.790. The lowest BCUT2D eigenvalue weighted by Gasteiger charge is -2.21. The van der Waals surface area contributed by atoms with E-state index in [2.05, 4.69) is 5.16 Å². The largest absolute Gasteiger partial charge is 0.361 e. The molecule has 0 radical (unpaired) electrons. The fourth-order valence-corrected chi connectivity index (χ4v) is 3.11. The second-order valence-electron chi connectivity index (χ2n) is 5.01. The lowest BCUT2D eigenvalue weighted by atomic mass is 9.83. The minimum absolute atomic E-state index is 0.712. The first-order valence-electron chi connectivity index (χ1n) is 6.42. The van der Waals surface area contributed by atoms with E-state index in [1.54, 1.807) is 0 Å². The summed E-state index contributed by atoms with van der Waals surface area (Å²) >= 11 is 0. The van der Waals surface area contributed by atoms with Crippen molar-refractivity contribution in [2.45, 2.75) is 63.7 Å². The summed E-state index contributed by atoms with van der Waals surface area (Å²) in [5.41, 5.74) is 2.80. The maximum Gasteiger partial charge on any atom is 0.140 e. The number of aryl methyl sites for hydroxylation is 1. The van der Waals surface area contributed by atoms with E-state index >= 15 is 0 Å². The van der Waals surface area contributed by atoms with Crippen LogP contribution in [-0.4, -0.2) is 5.16 Å². The average molecular weight is 205 g/mol. The van der Waals surface area contributed by atoms with Gasteiger partial charge < -0.3 is 4.52 Å².